The van der Waals surface area contributed by atoms with Gasteiger partial charge in [-0.05, 0) is 25.3 Å². The van der Waals surface area contributed by atoms with E-state index in [4.69, 9.17) is 4.74 Å². The third-order valence-electron chi connectivity index (χ3n) is 5.51. The van der Waals surface area contributed by atoms with Gasteiger partial charge in [-0.2, -0.15) is 0 Å². The fourth-order valence-electron chi connectivity index (χ4n) is 3.99. The summed E-state index contributed by atoms with van der Waals surface area (Å²) < 4.78 is 5.35. The Morgan fingerprint density at radius 1 is 1.15 bits per heavy atom. The van der Waals surface area contributed by atoms with Crippen molar-refractivity contribution in [2.24, 2.45) is 11.8 Å². The number of Topliss-reactive ketones (excluding diaryl/α,β-unsaturated/α-hetero) is 1. The van der Waals surface area contributed by atoms with Gasteiger partial charge in [0.25, 0.3) is 0 Å². The number of unbranched alkanes of at least 4 members (excludes halogenated alkanes) is 5. The van der Waals surface area contributed by atoms with Crippen LogP contribution >= 0.6 is 0 Å². The number of carbonyl (C=O) groups is 2. The fraction of sp³-hybridized carbons (Fsp3) is 0.714. The molecule has 2 rings (SSSR count). The highest BCUT2D eigenvalue weighted by Crippen LogP contribution is 2.40. The van der Waals surface area contributed by atoms with Crippen LogP contribution in [0, 0.1) is 11.8 Å². The van der Waals surface area contributed by atoms with Gasteiger partial charge in [0.2, 0.25) is 0 Å². The minimum Gasteiger partial charge on any atom is -0.455 e. The molecule has 1 aliphatic carbocycles. The number of rotatable bonds is 9. The molecule has 0 spiro atoms. The van der Waals surface area contributed by atoms with Crippen LogP contribution in [0.2, 0.25) is 0 Å². The van der Waals surface area contributed by atoms with Gasteiger partial charge in [-0.1, -0.05) is 50.8 Å². The molecule has 0 bridgehead atoms. The molecular formula is C21H32O5. The van der Waals surface area contributed by atoms with Crippen LogP contribution in [0.5, 0.6) is 0 Å². The second kappa shape index (κ2) is 10.0. The van der Waals surface area contributed by atoms with Gasteiger partial charge in [-0.25, -0.2) is 4.79 Å². The molecule has 1 aliphatic heterocycles. The minimum atomic E-state index is -1.28. The zero-order valence-electron chi connectivity index (χ0n) is 15.9. The summed E-state index contributed by atoms with van der Waals surface area (Å²) >= 11 is 0. The van der Waals surface area contributed by atoms with Crippen molar-refractivity contribution in [2.75, 3.05) is 0 Å². The van der Waals surface area contributed by atoms with Gasteiger partial charge in [0, 0.05) is 24.7 Å². The van der Waals surface area contributed by atoms with E-state index in [2.05, 4.69) is 13.0 Å². The standard InChI is InChI=1S/C21H32O5/c1-3-4-5-6-7-8-9-10-11-14(2)20-18(19(24)21(25)26-20)16-12-15(22)13-17(16)23/h9-11,16-20,23-24H,3-8,12-13H2,1-2H3/b10-9+,14-11+/t16-,17-,18+,19+,20-/m0/s1. The molecule has 1 saturated carbocycles. The van der Waals surface area contributed by atoms with Crippen LogP contribution in [0.25, 0.3) is 0 Å². The van der Waals surface area contributed by atoms with Crippen molar-refractivity contribution in [2.45, 2.75) is 83.5 Å². The molecule has 5 nitrogen and oxygen atoms in total. The first-order valence-corrected chi connectivity index (χ1v) is 9.87. The monoisotopic (exact) mass is 364 g/mol. The summed E-state index contributed by atoms with van der Waals surface area (Å²) in [5.41, 5.74) is 0.827. The number of hydrogen-bond donors (Lipinski definition) is 2. The summed E-state index contributed by atoms with van der Waals surface area (Å²) in [4.78, 5) is 23.5. The second-order valence-corrected chi connectivity index (χ2v) is 7.60. The largest absolute Gasteiger partial charge is 0.455 e. The van der Waals surface area contributed by atoms with E-state index < -0.39 is 36.1 Å². The number of hydrogen-bond acceptors (Lipinski definition) is 5. The first kappa shape index (κ1) is 20.8. The molecule has 0 aromatic rings. The molecule has 1 saturated heterocycles. The summed E-state index contributed by atoms with van der Waals surface area (Å²) in [6.07, 6.45) is 10.8. The van der Waals surface area contributed by atoms with Gasteiger partial charge in [-0.15, -0.1) is 0 Å². The van der Waals surface area contributed by atoms with Crippen molar-refractivity contribution in [3.63, 3.8) is 0 Å². The Balaban J connectivity index is 1.93. The van der Waals surface area contributed by atoms with E-state index in [1.807, 2.05) is 19.1 Å². The number of cyclic esters (lactones) is 1. The topological polar surface area (TPSA) is 83.8 Å². The molecule has 0 aromatic carbocycles. The average molecular weight is 364 g/mol. The smallest absolute Gasteiger partial charge is 0.336 e. The Labute approximate surface area is 156 Å². The molecule has 5 heteroatoms. The lowest BCUT2D eigenvalue weighted by Gasteiger charge is -2.27. The lowest BCUT2D eigenvalue weighted by Crippen LogP contribution is -2.36. The molecule has 0 unspecified atom stereocenters. The van der Waals surface area contributed by atoms with Crippen LogP contribution in [-0.4, -0.2) is 40.3 Å². The maximum absolute atomic E-state index is 11.9. The number of ketones is 1. The zero-order valence-corrected chi connectivity index (χ0v) is 15.9. The van der Waals surface area contributed by atoms with Crippen molar-refractivity contribution in [3.05, 3.63) is 23.8 Å². The van der Waals surface area contributed by atoms with Crippen LogP contribution in [0.15, 0.2) is 23.8 Å². The molecule has 26 heavy (non-hydrogen) atoms. The number of carbonyl (C=O) groups excluding carboxylic acids is 2. The first-order valence-electron chi connectivity index (χ1n) is 9.87. The van der Waals surface area contributed by atoms with E-state index in [-0.39, 0.29) is 18.6 Å². The van der Waals surface area contributed by atoms with Crippen molar-refractivity contribution >= 4 is 11.8 Å². The molecule has 0 amide bonds. The normalized spacial score (nSPS) is 32.6. The van der Waals surface area contributed by atoms with Crippen LogP contribution in [-0.2, 0) is 14.3 Å². The molecule has 2 aliphatic rings. The summed E-state index contributed by atoms with van der Waals surface area (Å²) in [5, 5.41) is 20.3. The van der Waals surface area contributed by atoms with Crippen molar-refractivity contribution in [1.29, 1.82) is 0 Å². The number of esters is 1. The summed E-state index contributed by atoms with van der Waals surface area (Å²) in [7, 11) is 0. The van der Waals surface area contributed by atoms with E-state index in [1.54, 1.807) is 0 Å². The number of ether oxygens (including phenoxy) is 1. The molecule has 146 valence electrons. The van der Waals surface area contributed by atoms with Gasteiger partial charge >= 0.3 is 5.97 Å². The maximum atomic E-state index is 11.9. The second-order valence-electron chi connectivity index (χ2n) is 7.60. The van der Waals surface area contributed by atoms with Crippen LogP contribution < -0.4 is 0 Å². The van der Waals surface area contributed by atoms with E-state index in [0.29, 0.717) is 0 Å². The van der Waals surface area contributed by atoms with Gasteiger partial charge in [0.05, 0.1) is 6.10 Å². The number of aliphatic hydroxyl groups excluding tert-OH is 2. The molecule has 0 aromatic heterocycles. The van der Waals surface area contributed by atoms with E-state index in [0.717, 1.165) is 12.0 Å². The third kappa shape index (κ3) is 5.27. The predicted octanol–water partition coefficient (Wildman–Crippen LogP) is 3.09. The van der Waals surface area contributed by atoms with Gasteiger partial charge in [-0.3, -0.25) is 4.79 Å². The highest BCUT2D eigenvalue weighted by molar-refractivity contribution is 5.83. The maximum Gasteiger partial charge on any atom is 0.336 e. The van der Waals surface area contributed by atoms with Gasteiger partial charge < -0.3 is 14.9 Å². The molecule has 5 atom stereocenters. The van der Waals surface area contributed by atoms with E-state index >= 15 is 0 Å². The van der Waals surface area contributed by atoms with Crippen LogP contribution in [0.3, 0.4) is 0 Å². The SMILES string of the molecule is CCCCCCC/C=C/C=C(\C)[C@@H]1OC(=O)[C@H](O)[C@H]1[C@H]1CC(=O)C[C@@H]1O. The highest BCUT2D eigenvalue weighted by Gasteiger charge is 2.52. The quantitative estimate of drug-likeness (QED) is 0.373. The number of allylic oxidation sites excluding steroid dienone is 3. The van der Waals surface area contributed by atoms with Crippen molar-refractivity contribution < 1.29 is 24.5 Å². The molecule has 1 heterocycles. The van der Waals surface area contributed by atoms with Gasteiger partial charge in [0.15, 0.2) is 6.10 Å². The minimum absolute atomic E-state index is 0.0302. The lowest BCUT2D eigenvalue weighted by molar-refractivity contribution is -0.146. The molecule has 2 fully saturated rings. The molecule has 0 radical (unpaired) electrons. The Kier molecular flexibility index (Phi) is 8.04. The van der Waals surface area contributed by atoms with Gasteiger partial charge in [0.1, 0.15) is 11.9 Å². The summed E-state index contributed by atoms with van der Waals surface area (Å²) in [6.45, 7) is 4.06. The molecule has 2 N–H and O–H groups in total. The highest BCUT2D eigenvalue weighted by atomic mass is 16.6. The Hall–Kier alpha value is -1.46. The zero-order chi connectivity index (χ0) is 19.1. The lowest BCUT2D eigenvalue weighted by atomic mass is 9.80. The van der Waals surface area contributed by atoms with E-state index in [1.165, 1.54) is 32.1 Å². The average Bonchev–Trinajstić information content (AvgIpc) is 3.08. The van der Waals surface area contributed by atoms with Crippen LogP contribution in [0.4, 0.5) is 0 Å². The Morgan fingerprint density at radius 3 is 2.54 bits per heavy atom. The van der Waals surface area contributed by atoms with Crippen molar-refractivity contribution in [1.82, 2.24) is 0 Å². The van der Waals surface area contributed by atoms with Crippen LogP contribution in [0.1, 0.15) is 65.2 Å². The first-order chi connectivity index (χ1) is 12.5. The number of aliphatic hydroxyl groups is 2. The third-order valence-corrected chi connectivity index (χ3v) is 5.51. The van der Waals surface area contributed by atoms with Crippen molar-refractivity contribution in [3.8, 4) is 0 Å². The Morgan fingerprint density at radius 2 is 1.88 bits per heavy atom. The molecular weight excluding hydrogens is 332 g/mol. The predicted molar refractivity (Wildman–Crippen MR) is 99.4 cm³/mol. The summed E-state index contributed by atoms with van der Waals surface area (Å²) in [5.74, 6) is -1.70. The Bertz CT molecular complexity index is 551. The summed E-state index contributed by atoms with van der Waals surface area (Å²) in [6, 6.07) is 0. The van der Waals surface area contributed by atoms with E-state index in [9.17, 15) is 19.8 Å². The fourth-order valence-corrected chi connectivity index (χ4v) is 3.99.